The van der Waals surface area contributed by atoms with Gasteiger partial charge in [-0.05, 0) is 58.0 Å². The molecule has 0 atom stereocenters. The minimum absolute atomic E-state index is 0.0307. The van der Waals surface area contributed by atoms with E-state index in [2.05, 4.69) is 22.2 Å². The van der Waals surface area contributed by atoms with E-state index in [1.54, 1.807) is 0 Å². The maximum Gasteiger partial charge on any atom is 0.293 e. The van der Waals surface area contributed by atoms with E-state index >= 15 is 0 Å². The van der Waals surface area contributed by atoms with Gasteiger partial charge < -0.3 is 15.1 Å². The zero-order valence-electron chi connectivity index (χ0n) is 15.9. The Bertz CT molecular complexity index is 783. The molecule has 0 bridgehead atoms. The predicted octanol–water partition coefficient (Wildman–Crippen LogP) is 1.97. The summed E-state index contributed by atoms with van der Waals surface area (Å²) in [5.41, 5.74) is 0.209. The van der Waals surface area contributed by atoms with Crippen LogP contribution in [0.15, 0.2) is 23.1 Å². The molecule has 1 aromatic carbocycles. The summed E-state index contributed by atoms with van der Waals surface area (Å²) in [6.45, 7) is 4.26. The molecular weight excluding hydrogens is 368 g/mol. The number of rotatable bonds is 5. The first kappa shape index (κ1) is 20.0. The topological polar surface area (TPSA) is 95.8 Å². The van der Waals surface area contributed by atoms with Gasteiger partial charge in [0, 0.05) is 37.5 Å². The molecule has 2 fully saturated rings. The Morgan fingerprint density at radius 1 is 1.11 bits per heavy atom. The highest BCUT2D eigenvalue weighted by atomic mass is 32.2. The van der Waals surface area contributed by atoms with Gasteiger partial charge in [-0.25, -0.2) is 8.42 Å². The predicted molar refractivity (Wildman–Crippen MR) is 105 cm³/mol. The smallest absolute Gasteiger partial charge is 0.293 e. The lowest BCUT2D eigenvalue weighted by Crippen LogP contribution is -2.48. The Kier molecular flexibility index (Phi) is 6.02. The van der Waals surface area contributed by atoms with Gasteiger partial charge >= 0.3 is 0 Å². The third-order valence-electron chi connectivity index (χ3n) is 5.69. The molecule has 0 radical (unpaired) electrons. The van der Waals surface area contributed by atoms with Crippen LogP contribution in [0.4, 0.5) is 11.4 Å². The third kappa shape index (κ3) is 4.97. The molecule has 1 N–H and O–H groups in total. The second kappa shape index (κ2) is 8.12. The number of anilines is 1. The number of benzene rings is 1. The molecule has 2 aliphatic heterocycles. The number of nitrogens with zero attached hydrogens (tertiary/aromatic N) is 3. The molecular formula is C18H28N4O4S. The van der Waals surface area contributed by atoms with Crippen molar-refractivity contribution in [2.45, 2.75) is 42.7 Å². The summed E-state index contributed by atoms with van der Waals surface area (Å²) in [6, 6.07) is 4.89. The normalized spacial score (nSPS) is 21.3. The van der Waals surface area contributed by atoms with Crippen LogP contribution in [0.5, 0.6) is 0 Å². The Morgan fingerprint density at radius 2 is 1.74 bits per heavy atom. The molecule has 0 saturated carbocycles. The Balaban J connectivity index is 1.62. The van der Waals surface area contributed by atoms with E-state index in [0.29, 0.717) is 11.7 Å². The minimum Gasteiger partial charge on any atom is -0.377 e. The first-order valence-electron chi connectivity index (χ1n) is 9.41. The lowest BCUT2D eigenvalue weighted by atomic mass is 9.98. The number of likely N-dealkylation sites (tertiary alicyclic amines) is 2. The molecule has 0 spiro atoms. The van der Waals surface area contributed by atoms with Gasteiger partial charge in [0.05, 0.1) is 9.82 Å². The van der Waals surface area contributed by atoms with Gasteiger partial charge in [0.1, 0.15) is 5.69 Å². The standard InChI is InChI=1S/C18H28N4O4S/c1-20-9-7-15(8-10-20)21-11-5-14(6-12-21)19-17-4-3-16(27(2,25)26)13-18(17)22(23)24/h3-4,13-15,19H,5-12H2,1-2H3. The lowest BCUT2D eigenvalue weighted by Gasteiger charge is -2.41. The second-order valence-electron chi connectivity index (χ2n) is 7.70. The maximum atomic E-state index is 11.7. The Labute approximate surface area is 160 Å². The average Bonchev–Trinajstić information content (AvgIpc) is 2.62. The van der Waals surface area contributed by atoms with E-state index in [0.717, 1.165) is 51.3 Å². The lowest BCUT2D eigenvalue weighted by molar-refractivity contribution is -0.384. The number of hydrogen-bond acceptors (Lipinski definition) is 7. The molecule has 3 rings (SSSR count). The number of nitro benzene ring substituents is 1. The van der Waals surface area contributed by atoms with Gasteiger partial charge in [0.15, 0.2) is 9.84 Å². The summed E-state index contributed by atoms with van der Waals surface area (Å²) < 4.78 is 23.3. The molecule has 8 nitrogen and oxygen atoms in total. The minimum atomic E-state index is -3.47. The molecule has 0 amide bonds. The molecule has 2 heterocycles. The van der Waals surface area contributed by atoms with Gasteiger partial charge in [-0.1, -0.05) is 0 Å². The first-order chi connectivity index (χ1) is 12.7. The van der Waals surface area contributed by atoms with Crippen molar-refractivity contribution >= 4 is 21.2 Å². The quantitative estimate of drug-likeness (QED) is 0.600. The van der Waals surface area contributed by atoms with E-state index in [1.807, 2.05) is 0 Å². The van der Waals surface area contributed by atoms with Gasteiger partial charge in [-0.15, -0.1) is 0 Å². The fraction of sp³-hybridized carbons (Fsp3) is 0.667. The molecule has 2 saturated heterocycles. The van der Waals surface area contributed by atoms with E-state index in [4.69, 9.17) is 0 Å². The van der Waals surface area contributed by atoms with E-state index in [9.17, 15) is 18.5 Å². The fourth-order valence-corrected chi connectivity index (χ4v) is 4.65. The Hall–Kier alpha value is -1.71. The van der Waals surface area contributed by atoms with Crippen LogP contribution >= 0.6 is 0 Å². The SMILES string of the molecule is CN1CCC(N2CCC(Nc3ccc(S(C)(=O)=O)cc3[N+](=O)[O-])CC2)CC1. The van der Waals surface area contributed by atoms with Crippen LogP contribution in [-0.4, -0.2) is 74.7 Å². The summed E-state index contributed by atoms with van der Waals surface area (Å²) in [5.74, 6) is 0. The average molecular weight is 397 g/mol. The number of hydrogen-bond donors (Lipinski definition) is 1. The number of sulfone groups is 1. The zero-order valence-corrected chi connectivity index (χ0v) is 16.7. The van der Waals surface area contributed by atoms with Crippen LogP contribution in [0.1, 0.15) is 25.7 Å². The molecule has 150 valence electrons. The van der Waals surface area contributed by atoms with Crippen molar-refractivity contribution in [3.8, 4) is 0 Å². The van der Waals surface area contributed by atoms with Crippen molar-refractivity contribution in [3.05, 3.63) is 28.3 Å². The van der Waals surface area contributed by atoms with Crippen molar-refractivity contribution in [1.29, 1.82) is 0 Å². The van der Waals surface area contributed by atoms with Crippen LogP contribution in [0.2, 0.25) is 0 Å². The summed E-state index contributed by atoms with van der Waals surface area (Å²) in [4.78, 5) is 15.7. The van der Waals surface area contributed by atoms with Crippen molar-refractivity contribution in [2.75, 3.05) is 44.8 Å². The number of nitro groups is 1. The summed E-state index contributed by atoms with van der Waals surface area (Å²) in [5, 5.41) is 14.7. The Morgan fingerprint density at radius 3 is 2.30 bits per heavy atom. The highest BCUT2D eigenvalue weighted by molar-refractivity contribution is 7.90. The van der Waals surface area contributed by atoms with E-state index in [-0.39, 0.29) is 16.6 Å². The van der Waals surface area contributed by atoms with Crippen molar-refractivity contribution in [1.82, 2.24) is 9.80 Å². The summed E-state index contributed by atoms with van der Waals surface area (Å²) in [7, 11) is -1.31. The molecule has 0 aromatic heterocycles. The molecule has 2 aliphatic rings. The van der Waals surface area contributed by atoms with Crippen molar-refractivity contribution in [2.24, 2.45) is 0 Å². The van der Waals surface area contributed by atoms with Gasteiger partial charge in [0.2, 0.25) is 0 Å². The van der Waals surface area contributed by atoms with Crippen LogP contribution < -0.4 is 5.32 Å². The largest absolute Gasteiger partial charge is 0.377 e. The highest BCUT2D eigenvalue weighted by Gasteiger charge is 2.28. The number of piperidine rings is 2. The fourth-order valence-electron chi connectivity index (χ4n) is 4.00. The second-order valence-corrected chi connectivity index (χ2v) is 9.71. The highest BCUT2D eigenvalue weighted by Crippen LogP contribution is 2.30. The molecule has 0 aliphatic carbocycles. The van der Waals surface area contributed by atoms with E-state index < -0.39 is 14.8 Å². The first-order valence-corrected chi connectivity index (χ1v) is 11.3. The van der Waals surface area contributed by atoms with Crippen molar-refractivity contribution < 1.29 is 13.3 Å². The zero-order chi connectivity index (χ0) is 19.6. The molecule has 9 heteroatoms. The van der Waals surface area contributed by atoms with Crippen LogP contribution in [0, 0.1) is 10.1 Å². The number of nitrogens with one attached hydrogen (secondary N) is 1. The summed E-state index contributed by atoms with van der Waals surface area (Å²) in [6.07, 6.45) is 5.31. The molecule has 1 aromatic rings. The van der Waals surface area contributed by atoms with Crippen LogP contribution in [0.25, 0.3) is 0 Å². The maximum absolute atomic E-state index is 11.7. The van der Waals surface area contributed by atoms with Crippen LogP contribution in [-0.2, 0) is 9.84 Å². The van der Waals surface area contributed by atoms with Gasteiger partial charge in [0.25, 0.3) is 5.69 Å². The van der Waals surface area contributed by atoms with Crippen LogP contribution in [0.3, 0.4) is 0 Å². The van der Waals surface area contributed by atoms with Crippen molar-refractivity contribution in [3.63, 3.8) is 0 Å². The summed E-state index contributed by atoms with van der Waals surface area (Å²) >= 11 is 0. The van der Waals surface area contributed by atoms with E-state index in [1.165, 1.54) is 25.0 Å². The van der Waals surface area contributed by atoms with Gasteiger partial charge in [-0.3, -0.25) is 10.1 Å². The third-order valence-corrected chi connectivity index (χ3v) is 6.80. The monoisotopic (exact) mass is 396 g/mol. The molecule has 0 unspecified atom stereocenters. The van der Waals surface area contributed by atoms with Gasteiger partial charge in [-0.2, -0.15) is 0 Å². The molecule has 27 heavy (non-hydrogen) atoms.